The fourth-order valence-corrected chi connectivity index (χ4v) is 13.6. The van der Waals surface area contributed by atoms with Crippen molar-refractivity contribution in [3.8, 4) is 0 Å². The number of rotatable bonds is 22. The molecule has 4 aliphatic rings. The van der Waals surface area contributed by atoms with Crippen LogP contribution in [0.1, 0.15) is 24.9 Å². The summed E-state index contributed by atoms with van der Waals surface area (Å²) in [4.78, 5) is 134. The lowest BCUT2D eigenvalue weighted by atomic mass is 10.1. The van der Waals surface area contributed by atoms with Gasteiger partial charge < -0.3 is 82.1 Å². The van der Waals surface area contributed by atoms with E-state index >= 15 is 0 Å². The van der Waals surface area contributed by atoms with Crippen LogP contribution in [0.2, 0.25) is 0 Å². The summed E-state index contributed by atoms with van der Waals surface area (Å²) in [6.45, 7) is -4.57. The quantitative estimate of drug-likeness (QED) is 0.0281. The Morgan fingerprint density at radius 3 is 1.00 bits per heavy atom. The Labute approximate surface area is 505 Å². The second-order valence-electron chi connectivity index (χ2n) is 20.4. The van der Waals surface area contributed by atoms with Crippen LogP contribution in [0.3, 0.4) is 0 Å². The number of nitrogen functional groups attached to an aromatic ring is 4. The molecular formula is C40H49N20O28P4+. The molecule has 0 saturated carbocycles. The van der Waals surface area contributed by atoms with Crippen molar-refractivity contribution < 1.29 is 114 Å². The van der Waals surface area contributed by atoms with Crippen LogP contribution >= 0.6 is 31.7 Å². The summed E-state index contributed by atoms with van der Waals surface area (Å²) >= 11 is 0. The van der Waals surface area contributed by atoms with Crippen molar-refractivity contribution in [3.63, 3.8) is 0 Å². The van der Waals surface area contributed by atoms with E-state index in [2.05, 4.69) is 59.8 Å². The first-order valence-electron chi connectivity index (χ1n) is 26.1. The molecule has 12 rings (SSSR count). The van der Waals surface area contributed by atoms with Gasteiger partial charge in [0.05, 0.1) is 45.1 Å². The van der Waals surface area contributed by atoms with Crippen molar-refractivity contribution in [1.29, 1.82) is 0 Å². The highest BCUT2D eigenvalue weighted by atomic mass is 31.2. The molecule has 0 bridgehead atoms. The van der Waals surface area contributed by atoms with E-state index in [1.165, 1.54) is 0 Å². The SMILES string of the molecule is Nc1nc2c(ncn2[C@@H]2O[C@H](COP(=O)(O)O[C@H]3[C@@H](O)[C@H](n4cnc5c(=O)[nH]c(N)nc54)O[C@@H]3COP(=O)(O)O[C@H]3[C@@H](O)[C@H](n4cnc5c(=O)[nH]c(N)nc54)O[C@@H]3COP(=O)(O)O[C@H]3[C@@H](O)[C@H](n4cnc5c(=O)[nH]c(N)nc54)O[C@@H]3CO[P+](=O)O)[C@@H](O)[C@H]2O)c(=O)[nH]1. The van der Waals surface area contributed by atoms with Gasteiger partial charge in [-0.15, -0.1) is 9.42 Å². The number of anilines is 4. The second kappa shape index (κ2) is 24.5. The first-order valence-corrected chi connectivity index (χ1v) is 31.7. The lowest BCUT2D eigenvalue weighted by molar-refractivity contribution is -0.0631. The molecule has 4 fully saturated rings. The molecule has 52 heteroatoms. The van der Waals surface area contributed by atoms with Crippen LogP contribution in [-0.2, 0) is 68.9 Å². The summed E-state index contributed by atoms with van der Waals surface area (Å²) in [6, 6.07) is 0. The third-order valence-corrected chi connectivity index (χ3v) is 17.8. The van der Waals surface area contributed by atoms with Crippen molar-refractivity contribution in [2.24, 2.45) is 0 Å². The first-order chi connectivity index (χ1) is 43.4. The van der Waals surface area contributed by atoms with E-state index in [1.54, 1.807) is 0 Å². The van der Waals surface area contributed by atoms with Crippen LogP contribution in [0.5, 0.6) is 0 Å². The molecule has 0 radical (unpaired) electrons. The number of nitrogens with one attached hydrogen (secondary N) is 4. The molecule has 12 heterocycles. The third kappa shape index (κ3) is 12.4. The molecule has 48 nitrogen and oxygen atoms in total. The highest BCUT2D eigenvalue weighted by Crippen LogP contribution is 2.54. The number of aromatic nitrogens is 16. The molecular weight excluding hydrogens is 1330 g/mol. The molecule has 4 aliphatic heterocycles. The fourth-order valence-electron chi connectivity index (χ4n) is 10.4. The van der Waals surface area contributed by atoms with Crippen LogP contribution in [0.4, 0.5) is 23.8 Å². The van der Waals surface area contributed by atoms with Crippen LogP contribution in [-0.4, -0.2) is 223 Å². The van der Waals surface area contributed by atoms with Crippen LogP contribution < -0.4 is 45.2 Å². The number of imidazole rings is 4. The number of hydrogen-bond donors (Lipinski definition) is 17. The maximum absolute atomic E-state index is 14.2. The minimum Gasteiger partial charge on any atom is -0.387 e. The average Bonchev–Trinajstić information content (AvgIpc) is 1.64. The number of aliphatic hydroxyl groups is 5. The van der Waals surface area contributed by atoms with E-state index in [0.717, 1.165) is 43.6 Å². The van der Waals surface area contributed by atoms with Gasteiger partial charge in [-0.2, -0.15) is 19.9 Å². The molecule has 4 unspecified atom stereocenters. The number of ether oxygens (including phenoxy) is 4. The Morgan fingerprint density at radius 2 is 0.707 bits per heavy atom. The molecule has 0 spiro atoms. The van der Waals surface area contributed by atoms with Crippen molar-refractivity contribution in [1.82, 2.24) is 78.1 Å². The Hall–Kier alpha value is -7.41. The monoisotopic (exact) mass is 1380 g/mol. The Morgan fingerprint density at radius 1 is 0.446 bits per heavy atom. The van der Waals surface area contributed by atoms with E-state index in [-0.39, 0.29) is 50.6 Å². The molecule has 21 N–H and O–H groups in total. The number of aromatic amines is 4. The Bertz CT molecular complexity index is 4580. The van der Waals surface area contributed by atoms with Crippen molar-refractivity contribution in [2.45, 2.75) is 98.2 Å². The van der Waals surface area contributed by atoms with Gasteiger partial charge in [0.15, 0.2) is 69.6 Å². The number of H-pyrrole nitrogens is 4. The molecule has 8 aromatic rings. The standard InChI is InChI=1S/C40H48N20O28P4/c41-37-49-25-13(29(66)53-37)45-5-57(25)33-18(62)17(61)9(82-33)2-79-90(72,73)87-23-11(84-35(20(23)64)59-7-47-15-27(59)51-39(43)55-31(15)68)4-81-92(76,77)88-24-12(85-36(21(24)65)60-8-48-16-28(60)52-40(44)56-32(16)69)3-80-91(74,75)86-22-10(1-78-89(70)71)83-34(19(22)63)58-6-46-14-26(58)50-38(42)54-30(14)67/h5-12,17-24,33-36,61-65H,1-4H2,(H15-,41,42,43,44,49,50,51,52,53,54,55,56,66,67,68,69,70,71,72,73,74,75,76,77)/p+1/t9-,10-,11-,12-,17-,18-,19-,20-,21-,22-,23-,24-,33-,34-,35-,36-/m1/s1. The number of nitrogens with zero attached hydrogens (tertiary/aromatic N) is 12. The number of hydrogen-bond acceptors (Lipinski definition) is 36. The van der Waals surface area contributed by atoms with Gasteiger partial charge in [-0.1, -0.05) is 0 Å². The molecule has 4 saturated heterocycles. The number of fused-ring (bicyclic) bond motifs is 4. The molecule has 0 aliphatic carbocycles. The third-order valence-electron chi connectivity index (χ3n) is 14.5. The molecule has 0 aromatic carbocycles. The van der Waals surface area contributed by atoms with Gasteiger partial charge in [0.1, 0.15) is 79.9 Å². The zero-order valence-electron chi connectivity index (χ0n) is 45.6. The summed E-state index contributed by atoms with van der Waals surface area (Å²) in [6.07, 6.45) is -27.3. The molecule has 0 amide bonds. The van der Waals surface area contributed by atoms with Gasteiger partial charge in [0.2, 0.25) is 23.8 Å². The van der Waals surface area contributed by atoms with Crippen LogP contribution in [0.15, 0.2) is 44.5 Å². The highest BCUT2D eigenvalue weighted by molar-refractivity contribution is 7.48. The van der Waals surface area contributed by atoms with Gasteiger partial charge >= 0.3 is 31.7 Å². The predicted octanol–water partition coefficient (Wildman–Crippen LogP) is -6.59. The Balaban J connectivity index is 0.785. The number of phosphoric acid groups is 3. The normalized spacial score (nSPS) is 30.6. The van der Waals surface area contributed by atoms with Gasteiger partial charge in [-0.3, -0.25) is 84.5 Å². The molecule has 92 heavy (non-hydrogen) atoms. The summed E-state index contributed by atoms with van der Waals surface area (Å²) < 4.78 is 117. The molecule has 20 atom stereocenters. The number of aliphatic hydroxyl groups excluding tert-OH is 5. The fraction of sp³-hybridized carbons (Fsp3) is 0.500. The van der Waals surface area contributed by atoms with E-state index in [4.69, 9.17) is 73.5 Å². The van der Waals surface area contributed by atoms with E-state index in [0.29, 0.717) is 0 Å². The second-order valence-corrected chi connectivity index (χ2v) is 25.3. The summed E-state index contributed by atoms with van der Waals surface area (Å²) in [5, 5.41) is 57.1. The smallest absolute Gasteiger partial charge is 0.387 e. The zero-order chi connectivity index (χ0) is 65.8. The first kappa shape index (κ1) is 64.7. The summed E-state index contributed by atoms with van der Waals surface area (Å²) in [7, 11) is -20.5. The topological polar surface area (TPSA) is 710 Å². The molecule has 8 aromatic heterocycles. The van der Waals surface area contributed by atoms with Crippen molar-refractivity contribution in [2.75, 3.05) is 49.4 Å². The average molecular weight is 1380 g/mol. The minimum absolute atomic E-state index is 0.189. The van der Waals surface area contributed by atoms with Gasteiger partial charge in [-0.25, -0.2) is 33.6 Å². The lowest BCUT2D eigenvalue weighted by Gasteiger charge is -2.26. The highest BCUT2D eigenvalue weighted by Gasteiger charge is 2.55. The summed E-state index contributed by atoms with van der Waals surface area (Å²) in [5.74, 6) is -1.67. The lowest BCUT2D eigenvalue weighted by Crippen LogP contribution is -2.38. The van der Waals surface area contributed by atoms with Gasteiger partial charge in [0, 0.05) is 4.57 Å². The van der Waals surface area contributed by atoms with E-state index < -0.39 is 196 Å². The zero-order valence-corrected chi connectivity index (χ0v) is 49.2. The number of nitrogens with two attached hydrogens (primary N) is 4. The van der Waals surface area contributed by atoms with Crippen LogP contribution in [0, 0.1) is 0 Å². The predicted molar refractivity (Wildman–Crippen MR) is 294 cm³/mol. The maximum atomic E-state index is 14.2. The van der Waals surface area contributed by atoms with E-state index in [1.807, 2.05) is 0 Å². The van der Waals surface area contributed by atoms with Gasteiger partial charge in [0.25, 0.3) is 22.2 Å². The maximum Gasteiger partial charge on any atom is 0.694 e. The minimum atomic E-state index is -5.83. The van der Waals surface area contributed by atoms with Crippen molar-refractivity contribution >= 4 is 100 Å². The molecule has 496 valence electrons. The van der Waals surface area contributed by atoms with Crippen LogP contribution in [0.25, 0.3) is 44.7 Å². The number of phosphoric ester groups is 3. The Kier molecular flexibility index (Phi) is 17.2. The van der Waals surface area contributed by atoms with Crippen molar-refractivity contribution in [3.05, 3.63) is 66.7 Å². The largest absolute Gasteiger partial charge is 0.694 e. The summed E-state index contributed by atoms with van der Waals surface area (Å²) in [5.41, 5.74) is 17.1. The van der Waals surface area contributed by atoms with Gasteiger partial charge in [-0.05, 0) is 0 Å². The van der Waals surface area contributed by atoms with E-state index in [9.17, 15) is 82.5 Å².